The fraction of sp³-hybridized carbons (Fsp3) is 0.300. The zero-order chi connectivity index (χ0) is 9.42. The molecule has 0 bridgehead atoms. The fourth-order valence-electron chi connectivity index (χ4n) is 1.75. The van der Waals surface area contributed by atoms with Crippen molar-refractivity contribution < 1.29 is 21.9 Å². The van der Waals surface area contributed by atoms with Crippen LogP contribution < -0.4 is 10.6 Å². The molecule has 0 aliphatic carbocycles. The van der Waals surface area contributed by atoms with E-state index in [0.29, 0.717) is 6.42 Å². The van der Waals surface area contributed by atoms with Gasteiger partial charge in [-0.15, -0.1) is 0 Å². The number of amides is 1. The second-order valence-corrected chi connectivity index (χ2v) is 3.20. The van der Waals surface area contributed by atoms with Crippen LogP contribution >= 0.6 is 0 Å². The smallest absolute Gasteiger partial charge is 0.399 e. The predicted octanol–water partition coefficient (Wildman–Crippen LogP) is 1.18. The Balaban J connectivity index is 0.000000980. The molecule has 0 saturated heterocycles. The Labute approximate surface area is 93.7 Å². The summed E-state index contributed by atoms with van der Waals surface area (Å²) in [6, 6.07) is 5.63. The molecule has 0 atom stereocenters. The second-order valence-electron chi connectivity index (χ2n) is 3.20. The number of nitrogen functional groups attached to an aromatic ring is 1. The Morgan fingerprint density at radius 3 is 2.86 bits per heavy atom. The molecule has 1 aromatic carbocycles. The van der Waals surface area contributed by atoms with Crippen LogP contribution in [-0.4, -0.2) is 12.5 Å². The molecule has 1 amide bonds. The number of nitrogens with two attached hydrogens (primary N) is 1. The molecule has 1 aliphatic rings. The number of fused-ring (bicyclic) bond motifs is 1. The van der Waals surface area contributed by atoms with Crippen molar-refractivity contribution in [2.75, 3.05) is 17.2 Å². The molecule has 0 saturated carbocycles. The summed E-state index contributed by atoms with van der Waals surface area (Å²) in [7, 11) is 0. The summed E-state index contributed by atoms with van der Waals surface area (Å²) < 4.78 is 0. The summed E-state index contributed by atoms with van der Waals surface area (Å²) in [6.45, 7) is 2.71. The Bertz CT molecular complexity index is 365. The van der Waals surface area contributed by atoms with E-state index in [4.69, 9.17) is 5.73 Å². The molecule has 0 aromatic heterocycles. The van der Waals surface area contributed by atoms with Crippen molar-refractivity contribution in [3.63, 3.8) is 0 Å². The third-order valence-electron chi connectivity index (χ3n) is 2.35. The van der Waals surface area contributed by atoms with Crippen LogP contribution in [0.15, 0.2) is 18.2 Å². The van der Waals surface area contributed by atoms with Crippen LogP contribution in [0.3, 0.4) is 0 Å². The van der Waals surface area contributed by atoms with Gasteiger partial charge in [0.1, 0.15) is 0 Å². The van der Waals surface area contributed by atoms with Crippen LogP contribution in [0.4, 0.5) is 11.4 Å². The van der Waals surface area contributed by atoms with Crippen molar-refractivity contribution in [1.82, 2.24) is 0 Å². The molecule has 0 radical (unpaired) electrons. The van der Waals surface area contributed by atoms with E-state index < -0.39 is 0 Å². The van der Waals surface area contributed by atoms with Crippen molar-refractivity contribution in [2.45, 2.75) is 13.3 Å². The first-order valence-electron chi connectivity index (χ1n) is 4.41. The van der Waals surface area contributed by atoms with E-state index in [1.165, 1.54) is 0 Å². The first-order valence-corrected chi connectivity index (χ1v) is 4.41. The van der Waals surface area contributed by atoms with Gasteiger partial charge in [0.15, 0.2) is 0 Å². The number of benzene rings is 1. The van der Waals surface area contributed by atoms with Crippen LogP contribution in [0.5, 0.6) is 0 Å². The average Bonchev–Trinajstić information content (AvgIpc) is 2.39. The molecule has 1 aromatic rings. The van der Waals surface area contributed by atoms with E-state index in [0.717, 1.165) is 23.5 Å². The van der Waals surface area contributed by atoms with Crippen LogP contribution in [0, 0.1) is 0 Å². The van der Waals surface area contributed by atoms with Crippen LogP contribution in [-0.2, 0) is 28.3 Å². The summed E-state index contributed by atoms with van der Waals surface area (Å²) in [6.07, 6.45) is 0.494. The standard InChI is InChI=1S/C10H12N2O.Fe/c1-2-12-9-4-3-8(11)5-7(9)6-10(12)13;/h3-5H,2,6,11H2,1H3;/q;+2. The van der Waals surface area contributed by atoms with Gasteiger partial charge in [-0.2, -0.15) is 0 Å². The van der Waals surface area contributed by atoms with E-state index in [1.54, 1.807) is 4.90 Å². The average molecular weight is 232 g/mol. The first-order chi connectivity index (χ1) is 6.22. The van der Waals surface area contributed by atoms with Gasteiger partial charge in [0.25, 0.3) is 0 Å². The van der Waals surface area contributed by atoms with Gasteiger partial charge in [-0.25, -0.2) is 0 Å². The maximum absolute atomic E-state index is 11.5. The zero-order valence-electron chi connectivity index (χ0n) is 7.93. The third-order valence-corrected chi connectivity index (χ3v) is 2.35. The van der Waals surface area contributed by atoms with Gasteiger partial charge in [0.05, 0.1) is 6.42 Å². The number of hydrogen-bond donors (Lipinski definition) is 1. The van der Waals surface area contributed by atoms with Gasteiger partial charge in [0.2, 0.25) is 5.91 Å². The number of carbonyl (C=O) groups excluding carboxylic acids is 1. The molecule has 0 fully saturated rings. The Morgan fingerprint density at radius 1 is 1.50 bits per heavy atom. The molecule has 74 valence electrons. The van der Waals surface area contributed by atoms with Crippen LogP contribution in [0.25, 0.3) is 0 Å². The molecule has 0 unspecified atom stereocenters. The number of likely N-dealkylation sites (N-methyl/N-ethyl adjacent to an activating group) is 1. The Hall–Kier alpha value is -0.991. The molecule has 2 rings (SSSR count). The fourth-order valence-corrected chi connectivity index (χ4v) is 1.75. The van der Waals surface area contributed by atoms with Crippen molar-refractivity contribution >= 4 is 17.3 Å². The van der Waals surface area contributed by atoms with Crippen molar-refractivity contribution in [1.29, 1.82) is 0 Å². The second kappa shape index (κ2) is 4.03. The van der Waals surface area contributed by atoms with Crippen LogP contribution in [0.1, 0.15) is 12.5 Å². The molecule has 1 aliphatic heterocycles. The summed E-state index contributed by atoms with van der Waals surface area (Å²) in [5, 5.41) is 0. The summed E-state index contributed by atoms with van der Waals surface area (Å²) >= 11 is 0. The molecule has 1 heterocycles. The van der Waals surface area contributed by atoms with E-state index in [-0.39, 0.29) is 23.0 Å². The van der Waals surface area contributed by atoms with E-state index in [1.807, 2.05) is 25.1 Å². The quantitative estimate of drug-likeness (QED) is 0.583. The largest absolute Gasteiger partial charge is 2.00 e. The van der Waals surface area contributed by atoms with Crippen molar-refractivity contribution in [3.8, 4) is 0 Å². The van der Waals surface area contributed by atoms with Gasteiger partial charge in [-0.05, 0) is 30.7 Å². The summed E-state index contributed by atoms with van der Waals surface area (Å²) in [4.78, 5) is 13.2. The minimum Gasteiger partial charge on any atom is -0.399 e. The van der Waals surface area contributed by atoms with Crippen molar-refractivity contribution in [2.24, 2.45) is 0 Å². The molecule has 0 spiro atoms. The SMILES string of the molecule is CCN1C(=O)Cc2cc(N)ccc21.[Fe+2]. The molecule has 3 nitrogen and oxygen atoms in total. The van der Waals surface area contributed by atoms with Gasteiger partial charge >= 0.3 is 17.1 Å². The topological polar surface area (TPSA) is 46.3 Å². The van der Waals surface area contributed by atoms with Gasteiger partial charge < -0.3 is 10.6 Å². The number of nitrogens with zero attached hydrogens (tertiary/aromatic N) is 1. The normalized spacial score (nSPS) is 13.8. The third kappa shape index (κ3) is 1.63. The molecular weight excluding hydrogens is 220 g/mol. The predicted molar refractivity (Wildman–Crippen MR) is 52.6 cm³/mol. The minimum absolute atomic E-state index is 0. The van der Waals surface area contributed by atoms with E-state index >= 15 is 0 Å². The number of rotatable bonds is 1. The number of anilines is 2. The minimum atomic E-state index is 0. The Kier molecular flexibility index (Phi) is 3.19. The molecule has 2 N–H and O–H groups in total. The molecule has 4 heteroatoms. The number of carbonyl (C=O) groups is 1. The van der Waals surface area contributed by atoms with Crippen LogP contribution in [0.2, 0.25) is 0 Å². The molecular formula is C10H12FeN2O+2. The van der Waals surface area contributed by atoms with Crippen molar-refractivity contribution in [3.05, 3.63) is 23.8 Å². The maximum atomic E-state index is 11.5. The maximum Gasteiger partial charge on any atom is 2.00 e. The Morgan fingerprint density at radius 2 is 2.21 bits per heavy atom. The van der Waals surface area contributed by atoms with Gasteiger partial charge in [-0.1, -0.05) is 0 Å². The first kappa shape index (κ1) is 11.1. The van der Waals surface area contributed by atoms with E-state index in [2.05, 4.69) is 0 Å². The summed E-state index contributed by atoms with van der Waals surface area (Å²) in [5.41, 5.74) is 8.42. The van der Waals surface area contributed by atoms with Gasteiger partial charge in [-0.3, -0.25) is 4.79 Å². The van der Waals surface area contributed by atoms with E-state index in [9.17, 15) is 4.79 Å². The van der Waals surface area contributed by atoms with Gasteiger partial charge in [0, 0.05) is 17.9 Å². The summed E-state index contributed by atoms with van der Waals surface area (Å²) in [5.74, 6) is 0.170. The monoisotopic (exact) mass is 232 g/mol. The number of hydrogen-bond acceptors (Lipinski definition) is 2. The zero-order valence-corrected chi connectivity index (χ0v) is 9.04. The molecule has 14 heavy (non-hydrogen) atoms.